The number of carbonyl (C=O) groups excluding carboxylic acids is 1. The summed E-state index contributed by atoms with van der Waals surface area (Å²) in [5.74, 6) is 5.12. The molecule has 0 bridgehead atoms. The van der Waals surface area contributed by atoms with Gasteiger partial charge in [0.25, 0.3) is 0 Å². The van der Waals surface area contributed by atoms with Crippen molar-refractivity contribution in [2.75, 3.05) is 5.32 Å². The Bertz CT molecular complexity index is 1260. The number of anilines is 1. The van der Waals surface area contributed by atoms with E-state index in [1.165, 1.54) is 12.1 Å². The monoisotopic (exact) mass is 564 g/mol. The number of carbonyl (C=O) groups is 1. The first kappa shape index (κ1) is 37.5. The van der Waals surface area contributed by atoms with Crippen LogP contribution in [0, 0.1) is 28.9 Å². The molecule has 39 heavy (non-hydrogen) atoms. The molecule has 0 radical (unpaired) electrons. The van der Waals surface area contributed by atoms with Crippen molar-refractivity contribution in [1.29, 1.82) is 0 Å². The molecule has 4 nitrogen and oxygen atoms in total. The number of nitrogens with one attached hydrogen (secondary N) is 2. The van der Waals surface area contributed by atoms with Crippen LogP contribution in [0.25, 0.3) is 10.9 Å². The van der Waals surface area contributed by atoms with Crippen LogP contribution in [0.15, 0.2) is 42.5 Å². The maximum absolute atomic E-state index is 13.8. The molecule has 0 spiro atoms. The predicted molar refractivity (Wildman–Crippen MR) is 153 cm³/mol. The van der Waals surface area contributed by atoms with Crippen molar-refractivity contribution in [3.8, 4) is 11.8 Å². The first-order valence-electron chi connectivity index (χ1n) is 12.9. The van der Waals surface area contributed by atoms with Crippen molar-refractivity contribution in [2.24, 2.45) is 5.41 Å². The van der Waals surface area contributed by atoms with E-state index in [0.29, 0.717) is 17.5 Å². The molecule has 0 aliphatic carbocycles. The summed E-state index contributed by atoms with van der Waals surface area (Å²) in [5.41, 5.74) is 1.70. The third-order valence-corrected chi connectivity index (χ3v) is 4.75. The summed E-state index contributed by atoms with van der Waals surface area (Å²) in [5, 5.41) is 13.5. The third-order valence-electron chi connectivity index (χ3n) is 4.75. The van der Waals surface area contributed by atoms with Crippen LogP contribution < -0.4 is 61.8 Å². The van der Waals surface area contributed by atoms with E-state index in [1.54, 1.807) is 39.0 Å². The van der Waals surface area contributed by atoms with Crippen LogP contribution in [-0.2, 0) is 10.2 Å². The Labute approximate surface area is 276 Å². The number of halogens is 2. The molecule has 0 saturated carbocycles. The molecule has 0 fully saturated rings. The zero-order valence-corrected chi connectivity index (χ0v) is 28.7. The summed E-state index contributed by atoms with van der Waals surface area (Å²) in [6.45, 7) is 19.0. The van der Waals surface area contributed by atoms with Crippen LogP contribution in [0.5, 0.6) is 0 Å². The standard InChI is InChI=1S/C16H20FNO.C12H14FN.C4H9O.K/c1-5-7-15(19)18-14-9-6-8-13(17)12(14)10-11-16(2,3)4;1-12(2,3)11-7-8-9(13)5-4-6-10(8)14-11;1-4(2,3)5;/h6,8-9H,5,7H2,1-4H3,(H,18,19);4-7,14H,1-3H3;1-3H3;/q;;-1;+1. The van der Waals surface area contributed by atoms with Gasteiger partial charge < -0.3 is 15.4 Å². The van der Waals surface area contributed by atoms with Crippen molar-refractivity contribution in [3.05, 3.63) is 65.4 Å². The number of fused-ring (bicyclic) bond motifs is 1. The number of H-pyrrole nitrogens is 1. The van der Waals surface area contributed by atoms with Gasteiger partial charge in [-0.3, -0.25) is 4.79 Å². The third kappa shape index (κ3) is 15.2. The molecule has 208 valence electrons. The number of aromatic amines is 1. The van der Waals surface area contributed by atoms with E-state index in [1.807, 2.05) is 39.8 Å². The second kappa shape index (κ2) is 16.0. The maximum Gasteiger partial charge on any atom is 1.00 e. The van der Waals surface area contributed by atoms with Crippen LogP contribution >= 0.6 is 0 Å². The summed E-state index contributed by atoms with van der Waals surface area (Å²) in [7, 11) is 0. The van der Waals surface area contributed by atoms with Gasteiger partial charge in [-0.2, -0.15) is 0 Å². The van der Waals surface area contributed by atoms with Crippen molar-refractivity contribution < 1.29 is 70.1 Å². The van der Waals surface area contributed by atoms with Crippen molar-refractivity contribution in [1.82, 2.24) is 4.98 Å². The minimum atomic E-state index is -0.750. The molecule has 0 aliphatic heterocycles. The largest absolute Gasteiger partial charge is 1.00 e. The van der Waals surface area contributed by atoms with E-state index in [4.69, 9.17) is 0 Å². The first-order chi connectivity index (χ1) is 17.3. The van der Waals surface area contributed by atoms with Gasteiger partial charge in [-0.1, -0.05) is 72.4 Å². The van der Waals surface area contributed by atoms with E-state index < -0.39 is 11.4 Å². The molecule has 0 saturated heterocycles. The van der Waals surface area contributed by atoms with E-state index >= 15 is 0 Å². The molecule has 7 heteroatoms. The molecule has 0 atom stereocenters. The van der Waals surface area contributed by atoms with E-state index in [0.717, 1.165) is 17.6 Å². The number of hydrogen-bond donors (Lipinski definition) is 2. The first-order valence-corrected chi connectivity index (χ1v) is 12.9. The number of hydrogen-bond acceptors (Lipinski definition) is 2. The summed E-state index contributed by atoms with van der Waals surface area (Å²) in [6.07, 6.45) is 1.17. The normalized spacial score (nSPS) is 11.1. The molecular weight excluding hydrogens is 521 g/mol. The molecule has 0 aliphatic rings. The van der Waals surface area contributed by atoms with Gasteiger partial charge in [0.2, 0.25) is 5.91 Å². The van der Waals surface area contributed by atoms with Gasteiger partial charge in [-0.05, 0) is 57.5 Å². The molecule has 2 aromatic carbocycles. The van der Waals surface area contributed by atoms with Crippen LogP contribution in [0.3, 0.4) is 0 Å². The average Bonchev–Trinajstić information content (AvgIpc) is 3.19. The smallest absolute Gasteiger partial charge is 0.850 e. The Morgan fingerprint density at radius 2 is 1.49 bits per heavy atom. The molecule has 3 rings (SSSR count). The minimum Gasteiger partial charge on any atom is -0.850 e. The summed E-state index contributed by atoms with van der Waals surface area (Å²) in [4.78, 5) is 14.8. The van der Waals surface area contributed by atoms with Gasteiger partial charge in [0.15, 0.2) is 0 Å². The summed E-state index contributed by atoms with van der Waals surface area (Å²) < 4.78 is 27.2. The van der Waals surface area contributed by atoms with E-state index in [2.05, 4.69) is 42.9 Å². The predicted octanol–water partition coefficient (Wildman–Crippen LogP) is 4.72. The van der Waals surface area contributed by atoms with Gasteiger partial charge >= 0.3 is 51.4 Å². The fraction of sp³-hybridized carbons (Fsp3) is 0.469. The van der Waals surface area contributed by atoms with Gasteiger partial charge in [-0.25, -0.2) is 8.78 Å². The molecule has 3 aromatic rings. The molecule has 2 N–H and O–H groups in total. The number of benzene rings is 2. The molecular formula is C32H43F2KN2O2. The van der Waals surface area contributed by atoms with Crippen molar-refractivity contribution in [2.45, 2.75) is 93.1 Å². The SMILES string of the molecule is CC(C)(C)[O-].CC(C)(C)c1cc2c(F)cccc2[nH]1.CCCC(=O)Nc1cccc(F)c1C#CC(C)(C)C.[K+]. The fourth-order valence-corrected chi connectivity index (χ4v) is 2.97. The Morgan fingerprint density at radius 1 is 0.949 bits per heavy atom. The quantitative estimate of drug-likeness (QED) is 0.357. The Balaban J connectivity index is 0.000000634. The maximum atomic E-state index is 13.8. The van der Waals surface area contributed by atoms with Gasteiger partial charge in [0, 0.05) is 33.8 Å². The van der Waals surface area contributed by atoms with Gasteiger partial charge in [0.1, 0.15) is 11.6 Å². The van der Waals surface area contributed by atoms with Gasteiger partial charge in [0.05, 0.1) is 11.3 Å². The zero-order chi connectivity index (χ0) is 29.3. The number of rotatable bonds is 3. The molecule has 0 unspecified atom stereocenters. The molecule has 1 aromatic heterocycles. The Morgan fingerprint density at radius 3 is 1.97 bits per heavy atom. The minimum absolute atomic E-state index is 0. The van der Waals surface area contributed by atoms with Crippen molar-refractivity contribution >= 4 is 22.5 Å². The van der Waals surface area contributed by atoms with Crippen LogP contribution in [0.1, 0.15) is 93.3 Å². The zero-order valence-electron chi connectivity index (χ0n) is 25.5. The van der Waals surface area contributed by atoms with E-state index in [-0.39, 0.29) is 79.5 Å². The Kier molecular flexibility index (Phi) is 15.4. The second-order valence-electron chi connectivity index (χ2n) is 12.2. The average molecular weight is 565 g/mol. The van der Waals surface area contributed by atoms with Gasteiger partial charge in [-0.15, -0.1) is 5.60 Å². The summed E-state index contributed by atoms with van der Waals surface area (Å²) >= 11 is 0. The van der Waals surface area contributed by atoms with Crippen molar-refractivity contribution in [3.63, 3.8) is 0 Å². The fourth-order valence-electron chi connectivity index (χ4n) is 2.97. The number of aromatic nitrogens is 1. The van der Waals surface area contributed by atoms with Crippen LogP contribution in [0.2, 0.25) is 0 Å². The topological polar surface area (TPSA) is 67.9 Å². The van der Waals surface area contributed by atoms with Crippen LogP contribution in [-0.4, -0.2) is 16.5 Å². The summed E-state index contributed by atoms with van der Waals surface area (Å²) in [6, 6.07) is 11.6. The molecule has 1 heterocycles. The Hall–Kier alpha value is -1.53. The molecule has 1 amide bonds. The number of amides is 1. The van der Waals surface area contributed by atoms with E-state index in [9.17, 15) is 18.7 Å². The van der Waals surface area contributed by atoms with Crippen LogP contribution in [0.4, 0.5) is 14.5 Å². The second-order valence-corrected chi connectivity index (χ2v) is 12.2.